The molecule has 2 aliphatic rings. The molecule has 5 rings (SSSR count). The highest BCUT2D eigenvalue weighted by molar-refractivity contribution is 6.31. The zero-order valence-corrected chi connectivity index (χ0v) is 17.1. The maximum absolute atomic E-state index is 13.5. The Hall–Kier alpha value is -2.86. The van der Waals surface area contributed by atoms with Crippen LogP contribution in [0.25, 0.3) is 0 Å². The highest BCUT2D eigenvalue weighted by atomic mass is 35.5. The first-order valence-corrected chi connectivity index (χ1v) is 10.2. The summed E-state index contributed by atoms with van der Waals surface area (Å²) in [6.45, 7) is 0. The Bertz CT molecular complexity index is 1120. The van der Waals surface area contributed by atoms with Crippen LogP contribution < -0.4 is 9.96 Å². The first kappa shape index (κ1) is 19.1. The van der Waals surface area contributed by atoms with Crippen molar-refractivity contribution in [1.29, 1.82) is 0 Å². The van der Waals surface area contributed by atoms with E-state index in [1.165, 1.54) is 4.90 Å². The number of hydrogen-bond donors (Lipinski definition) is 0. The van der Waals surface area contributed by atoms with Gasteiger partial charge in [0.15, 0.2) is 6.10 Å². The molecule has 0 aliphatic carbocycles. The van der Waals surface area contributed by atoms with Crippen molar-refractivity contribution in [2.24, 2.45) is 5.92 Å². The van der Waals surface area contributed by atoms with Crippen LogP contribution in [0.2, 0.25) is 10.0 Å². The molecule has 2 heterocycles. The molecule has 3 aromatic rings. The summed E-state index contributed by atoms with van der Waals surface area (Å²) in [6, 6.07) is 22.9. The van der Waals surface area contributed by atoms with E-state index >= 15 is 0 Å². The van der Waals surface area contributed by atoms with Gasteiger partial charge in [-0.1, -0.05) is 59.6 Å². The molecule has 5 nitrogen and oxygen atoms in total. The van der Waals surface area contributed by atoms with Crippen molar-refractivity contribution in [3.05, 3.63) is 94.5 Å². The van der Waals surface area contributed by atoms with Crippen LogP contribution in [0.15, 0.2) is 78.9 Å². The van der Waals surface area contributed by atoms with Gasteiger partial charge in [-0.05, 0) is 48.0 Å². The van der Waals surface area contributed by atoms with E-state index in [1.54, 1.807) is 41.5 Å². The molecule has 0 N–H and O–H groups in total. The van der Waals surface area contributed by atoms with E-state index in [9.17, 15) is 9.59 Å². The highest BCUT2D eigenvalue weighted by Crippen LogP contribution is 2.47. The lowest BCUT2D eigenvalue weighted by Crippen LogP contribution is -2.37. The second-order valence-corrected chi connectivity index (χ2v) is 8.07. The molecule has 0 spiro atoms. The molecule has 0 saturated carbocycles. The van der Waals surface area contributed by atoms with E-state index in [1.807, 2.05) is 42.5 Å². The number of fused-ring (bicyclic) bond motifs is 1. The molecule has 3 unspecified atom stereocenters. The lowest BCUT2D eigenvalue weighted by atomic mass is 9.90. The molecule has 2 saturated heterocycles. The Morgan fingerprint density at radius 1 is 0.733 bits per heavy atom. The minimum atomic E-state index is -0.919. The van der Waals surface area contributed by atoms with Gasteiger partial charge in [-0.15, -0.1) is 0 Å². The number of hydroxylamine groups is 1. The maximum Gasteiger partial charge on any atom is 0.266 e. The number of halogens is 2. The molecule has 150 valence electrons. The molecular formula is C23H16Cl2N2O3. The third kappa shape index (κ3) is 3.06. The fraction of sp³-hybridized carbons (Fsp3) is 0.130. The summed E-state index contributed by atoms with van der Waals surface area (Å²) in [7, 11) is 0. The normalized spacial score (nSPS) is 23.2. The summed E-state index contributed by atoms with van der Waals surface area (Å²) in [5.41, 5.74) is 2.05. The van der Waals surface area contributed by atoms with Gasteiger partial charge in [-0.25, -0.2) is 9.96 Å². The fourth-order valence-corrected chi connectivity index (χ4v) is 4.40. The first-order valence-electron chi connectivity index (χ1n) is 9.44. The monoisotopic (exact) mass is 438 g/mol. The van der Waals surface area contributed by atoms with Crippen molar-refractivity contribution in [3.8, 4) is 0 Å². The van der Waals surface area contributed by atoms with E-state index < -0.39 is 24.0 Å². The van der Waals surface area contributed by atoms with Crippen molar-refractivity contribution >= 4 is 46.4 Å². The minimum Gasteiger partial charge on any atom is -0.273 e. The summed E-state index contributed by atoms with van der Waals surface area (Å²) < 4.78 is 0. The van der Waals surface area contributed by atoms with Gasteiger partial charge < -0.3 is 0 Å². The average Bonchev–Trinajstić information content (AvgIpc) is 3.25. The Morgan fingerprint density at radius 3 is 2.17 bits per heavy atom. The van der Waals surface area contributed by atoms with E-state index in [4.69, 9.17) is 28.0 Å². The van der Waals surface area contributed by atoms with Crippen molar-refractivity contribution in [2.45, 2.75) is 12.1 Å². The van der Waals surface area contributed by atoms with Gasteiger partial charge in [0.2, 0.25) is 5.91 Å². The van der Waals surface area contributed by atoms with Gasteiger partial charge in [0, 0.05) is 10.0 Å². The number of amides is 2. The Labute approximate surface area is 183 Å². The van der Waals surface area contributed by atoms with Crippen molar-refractivity contribution in [3.63, 3.8) is 0 Å². The van der Waals surface area contributed by atoms with Crippen molar-refractivity contribution in [1.82, 2.24) is 0 Å². The summed E-state index contributed by atoms with van der Waals surface area (Å²) in [4.78, 5) is 33.9. The predicted molar refractivity (Wildman–Crippen MR) is 115 cm³/mol. The summed E-state index contributed by atoms with van der Waals surface area (Å²) in [5.74, 6) is -1.39. The molecule has 2 aliphatic heterocycles. The van der Waals surface area contributed by atoms with E-state index in [-0.39, 0.29) is 5.91 Å². The van der Waals surface area contributed by atoms with E-state index in [2.05, 4.69) is 0 Å². The quantitative estimate of drug-likeness (QED) is 0.537. The highest BCUT2D eigenvalue weighted by Gasteiger charge is 2.60. The lowest BCUT2D eigenvalue weighted by Gasteiger charge is -2.28. The molecule has 30 heavy (non-hydrogen) atoms. The zero-order chi connectivity index (χ0) is 20.8. The minimum absolute atomic E-state index is 0.308. The van der Waals surface area contributed by atoms with E-state index in [0.717, 1.165) is 11.3 Å². The number of anilines is 2. The molecule has 3 atom stereocenters. The van der Waals surface area contributed by atoms with Gasteiger partial charge >= 0.3 is 0 Å². The predicted octanol–water partition coefficient (Wildman–Crippen LogP) is 5.04. The third-order valence-electron chi connectivity index (χ3n) is 5.40. The Kier molecular flexibility index (Phi) is 4.74. The van der Waals surface area contributed by atoms with E-state index in [0.29, 0.717) is 15.7 Å². The molecular weight excluding hydrogens is 423 g/mol. The molecule has 7 heteroatoms. The largest absolute Gasteiger partial charge is 0.273 e. The number of benzene rings is 3. The molecule has 2 fully saturated rings. The molecule has 0 aromatic heterocycles. The van der Waals surface area contributed by atoms with Crippen LogP contribution in [-0.2, 0) is 14.4 Å². The number of carbonyl (C=O) groups is 2. The average molecular weight is 439 g/mol. The van der Waals surface area contributed by atoms with Crippen LogP contribution in [0.5, 0.6) is 0 Å². The molecule has 0 radical (unpaired) electrons. The maximum atomic E-state index is 13.5. The number of hydrogen-bond acceptors (Lipinski definition) is 4. The second-order valence-electron chi connectivity index (χ2n) is 7.20. The second kappa shape index (κ2) is 7.43. The van der Waals surface area contributed by atoms with Gasteiger partial charge in [0.1, 0.15) is 5.92 Å². The van der Waals surface area contributed by atoms with Crippen LogP contribution in [0, 0.1) is 5.92 Å². The summed E-state index contributed by atoms with van der Waals surface area (Å²) in [5, 5.41) is 2.69. The number of nitrogens with zero attached hydrogens (tertiary/aromatic N) is 2. The number of rotatable bonds is 3. The topological polar surface area (TPSA) is 49.9 Å². The smallest absolute Gasteiger partial charge is 0.266 e. The van der Waals surface area contributed by atoms with Crippen LogP contribution in [0.1, 0.15) is 11.6 Å². The van der Waals surface area contributed by atoms with Crippen LogP contribution in [0.3, 0.4) is 0 Å². The standard InChI is InChI=1S/C23H16Cl2N2O3/c24-15-9-11-17(12-10-15)27-20(14-5-2-1-3-6-14)19-21(30-27)23(29)26(22(19)28)18-8-4-7-16(25)13-18/h1-13,19-21H. The molecule has 3 aromatic carbocycles. The van der Waals surface area contributed by atoms with Crippen LogP contribution in [-0.4, -0.2) is 17.9 Å². The van der Waals surface area contributed by atoms with Gasteiger partial charge in [-0.3, -0.25) is 14.4 Å². The third-order valence-corrected chi connectivity index (χ3v) is 5.89. The fourth-order valence-electron chi connectivity index (χ4n) is 4.09. The first-order chi connectivity index (χ1) is 14.5. The van der Waals surface area contributed by atoms with Gasteiger partial charge in [-0.2, -0.15) is 0 Å². The summed E-state index contributed by atoms with van der Waals surface area (Å²) >= 11 is 12.1. The van der Waals surface area contributed by atoms with Crippen molar-refractivity contribution < 1.29 is 14.4 Å². The van der Waals surface area contributed by atoms with Gasteiger partial charge in [0.25, 0.3) is 5.91 Å². The molecule has 0 bridgehead atoms. The van der Waals surface area contributed by atoms with Crippen molar-refractivity contribution in [2.75, 3.05) is 9.96 Å². The summed E-state index contributed by atoms with van der Waals surface area (Å²) in [6.07, 6.45) is -0.919. The number of imide groups is 1. The van der Waals surface area contributed by atoms with Crippen LogP contribution in [0.4, 0.5) is 11.4 Å². The zero-order valence-electron chi connectivity index (χ0n) is 15.6. The van der Waals surface area contributed by atoms with Gasteiger partial charge in [0.05, 0.1) is 17.4 Å². The number of carbonyl (C=O) groups excluding carboxylic acids is 2. The lowest BCUT2D eigenvalue weighted by molar-refractivity contribution is -0.126. The SMILES string of the molecule is O=C1C2ON(c3ccc(Cl)cc3)C(c3ccccc3)C2C(=O)N1c1cccc(Cl)c1. The molecule has 2 amide bonds. The van der Waals surface area contributed by atoms with Crippen LogP contribution >= 0.6 is 23.2 Å². The Morgan fingerprint density at radius 2 is 1.47 bits per heavy atom. The Balaban J connectivity index is 1.58.